The zero-order valence-electron chi connectivity index (χ0n) is 15.3. The minimum Gasteiger partial charge on any atom is -0.376 e. The summed E-state index contributed by atoms with van der Waals surface area (Å²) in [5.74, 6) is -1.33. The summed E-state index contributed by atoms with van der Waals surface area (Å²) in [6.07, 6.45) is -3.64. The van der Waals surface area contributed by atoms with Gasteiger partial charge in [-0.05, 0) is 47.4 Å². The number of nitrogens with zero attached hydrogens (tertiary/aromatic N) is 1. The molecule has 0 aliphatic heterocycles. The van der Waals surface area contributed by atoms with E-state index in [9.17, 15) is 18.3 Å². The van der Waals surface area contributed by atoms with Gasteiger partial charge in [-0.1, -0.05) is 61.0 Å². The molecule has 0 bridgehead atoms. The monoisotopic (exact) mass is 405 g/mol. The van der Waals surface area contributed by atoms with Crippen molar-refractivity contribution < 1.29 is 18.3 Å². The molecular weight excluding hydrogens is 387 g/mol. The third kappa shape index (κ3) is 3.64. The molecule has 0 saturated carbocycles. The molecule has 0 amide bonds. The van der Waals surface area contributed by atoms with Crippen LogP contribution in [0.1, 0.15) is 29.7 Å². The van der Waals surface area contributed by atoms with Crippen molar-refractivity contribution in [2.45, 2.75) is 31.5 Å². The molecule has 0 aliphatic carbocycles. The van der Waals surface area contributed by atoms with Crippen LogP contribution in [0.5, 0.6) is 0 Å². The molecule has 1 N–H and O–H groups in total. The molecule has 6 heteroatoms. The van der Waals surface area contributed by atoms with Gasteiger partial charge in [0.2, 0.25) is 0 Å². The van der Waals surface area contributed by atoms with Crippen molar-refractivity contribution in [3.63, 3.8) is 0 Å². The Labute approximate surface area is 166 Å². The van der Waals surface area contributed by atoms with Crippen molar-refractivity contribution in [3.8, 4) is 11.1 Å². The Balaban J connectivity index is 2.08. The Morgan fingerprint density at radius 2 is 1.64 bits per heavy atom. The van der Waals surface area contributed by atoms with Crippen LogP contribution in [0, 0.1) is 6.92 Å². The smallest absolute Gasteiger partial charge is 0.376 e. The number of alkyl halides is 3. The van der Waals surface area contributed by atoms with Gasteiger partial charge in [0, 0.05) is 22.8 Å². The highest BCUT2D eigenvalue weighted by Crippen LogP contribution is 2.50. The van der Waals surface area contributed by atoms with Gasteiger partial charge in [-0.25, -0.2) is 0 Å². The van der Waals surface area contributed by atoms with Crippen LogP contribution in [-0.4, -0.2) is 16.3 Å². The van der Waals surface area contributed by atoms with Crippen LogP contribution in [0.3, 0.4) is 0 Å². The van der Waals surface area contributed by atoms with Gasteiger partial charge in [0.25, 0.3) is 0 Å². The van der Waals surface area contributed by atoms with Crippen LogP contribution in [0.4, 0.5) is 13.2 Å². The maximum absolute atomic E-state index is 14.0. The Morgan fingerprint density at radius 3 is 2.21 bits per heavy atom. The van der Waals surface area contributed by atoms with E-state index in [-0.39, 0.29) is 16.1 Å². The lowest BCUT2D eigenvalue weighted by atomic mass is 9.77. The lowest BCUT2D eigenvalue weighted by Gasteiger charge is -2.37. The molecule has 1 aromatic heterocycles. The third-order valence-electron chi connectivity index (χ3n) is 4.97. The predicted octanol–water partition coefficient (Wildman–Crippen LogP) is 6.26. The molecule has 2 unspecified atom stereocenters. The molecule has 0 fully saturated rings. The molecule has 0 spiro atoms. The number of hydrogen-bond acceptors (Lipinski definition) is 2. The number of halogens is 4. The highest BCUT2D eigenvalue weighted by Gasteiger charge is 2.59. The lowest BCUT2D eigenvalue weighted by Crippen LogP contribution is -2.46. The van der Waals surface area contributed by atoms with Crippen LogP contribution in [0.25, 0.3) is 11.1 Å². The number of hydrogen-bond donors (Lipinski definition) is 1. The third-order valence-corrected chi connectivity index (χ3v) is 5.30. The Bertz CT molecular complexity index is 975. The van der Waals surface area contributed by atoms with Gasteiger partial charge in [0.1, 0.15) is 0 Å². The van der Waals surface area contributed by atoms with Crippen LogP contribution < -0.4 is 0 Å². The average molecular weight is 406 g/mol. The normalized spacial score (nSPS) is 15.1. The molecule has 1 heterocycles. The molecule has 2 atom stereocenters. The number of pyridine rings is 1. The number of aromatic nitrogens is 1. The second kappa shape index (κ2) is 7.57. The van der Waals surface area contributed by atoms with Gasteiger partial charge in [0.05, 0.1) is 0 Å². The zero-order chi connectivity index (χ0) is 20.5. The highest BCUT2D eigenvalue weighted by molar-refractivity contribution is 6.31. The predicted molar refractivity (Wildman–Crippen MR) is 104 cm³/mol. The largest absolute Gasteiger partial charge is 0.422 e. The summed E-state index contributed by atoms with van der Waals surface area (Å²) in [5, 5.41) is 11.0. The number of aliphatic hydroxyl groups is 1. The van der Waals surface area contributed by atoms with Crippen molar-refractivity contribution >= 4 is 11.6 Å². The van der Waals surface area contributed by atoms with Gasteiger partial charge in [-0.2, -0.15) is 13.2 Å². The van der Waals surface area contributed by atoms with E-state index in [1.807, 2.05) is 30.3 Å². The summed E-state index contributed by atoms with van der Waals surface area (Å²) in [6, 6.07) is 16.7. The molecule has 0 saturated heterocycles. The second-order valence-electron chi connectivity index (χ2n) is 6.77. The van der Waals surface area contributed by atoms with E-state index in [4.69, 9.17) is 11.6 Å². The van der Waals surface area contributed by atoms with Gasteiger partial charge < -0.3 is 5.11 Å². The number of aryl methyl sites for hydroxylation is 1. The summed E-state index contributed by atoms with van der Waals surface area (Å²) in [7, 11) is 0. The first-order valence-corrected chi connectivity index (χ1v) is 9.09. The van der Waals surface area contributed by atoms with Crippen LogP contribution in [0.15, 0.2) is 66.9 Å². The van der Waals surface area contributed by atoms with E-state index < -0.39 is 17.7 Å². The Morgan fingerprint density at radius 1 is 0.964 bits per heavy atom. The van der Waals surface area contributed by atoms with Gasteiger partial charge in [0.15, 0.2) is 5.60 Å². The molecule has 28 heavy (non-hydrogen) atoms. The maximum Gasteiger partial charge on any atom is 0.422 e. The van der Waals surface area contributed by atoms with Gasteiger partial charge in [-0.3, -0.25) is 4.98 Å². The summed E-state index contributed by atoms with van der Waals surface area (Å²) in [5.41, 5.74) is -1.06. The maximum atomic E-state index is 14.0. The first-order valence-electron chi connectivity index (χ1n) is 8.71. The first-order chi connectivity index (χ1) is 13.1. The van der Waals surface area contributed by atoms with Crippen molar-refractivity contribution in [1.29, 1.82) is 0 Å². The molecule has 3 rings (SSSR count). The van der Waals surface area contributed by atoms with E-state index in [1.165, 1.54) is 25.3 Å². The molecule has 2 nitrogen and oxygen atoms in total. The van der Waals surface area contributed by atoms with Crippen molar-refractivity contribution in [2.24, 2.45) is 0 Å². The van der Waals surface area contributed by atoms with E-state index in [0.717, 1.165) is 11.1 Å². The number of rotatable bonds is 4. The lowest BCUT2D eigenvalue weighted by molar-refractivity contribution is -0.274. The molecular formula is C22H19ClF3NO. The van der Waals surface area contributed by atoms with Gasteiger partial charge in [-0.15, -0.1) is 0 Å². The van der Waals surface area contributed by atoms with E-state index >= 15 is 0 Å². The van der Waals surface area contributed by atoms with Crippen molar-refractivity contribution in [2.75, 3.05) is 0 Å². The van der Waals surface area contributed by atoms with Crippen molar-refractivity contribution in [1.82, 2.24) is 4.98 Å². The molecule has 0 aliphatic rings. The molecule has 0 radical (unpaired) electrons. The Kier molecular flexibility index (Phi) is 5.50. The molecule has 146 valence electrons. The van der Waals surface area contributed by atoms with E-state index in [0.29, 0.717) is 5.69 Å². The minimum absolute atomic E-state index is 0.169. The van der Waals surface area contributed by atoms with Crippen LogP contribution >= 0.6 is 11.6 Å². The molecule has 2 aromatic carbocycles. The average Bonchev–Trinajstić information content (AvgIpc) is 2.66. The van der Waals surface area contributed by atoms with Gasteiger partial charge >= 0.3 is 6.18 Å². The second-order valence-corrected chi connectivity index (χ2v) is 7.18. The summed E-state index contributed by atoms with van der Waals surface area (Å²) in [4.78, 5) is 3.93. The van der Waals surface area contributed by atoms with Crippen LogP contribution in [0.2, 0.25) is 5.02 Å². The standard InChI is InChI=1S/C22H19ClF3NO/c1-14-12-18(10-11-27-14)21(28,22(24,25)26)15(2)19-9-8-17(13-20(19)23)16-6-4-3-5-7-16/h3-13,15,28H,1-2H3. The van der Waals surface area contributed by atoms with Crippen molar-refractivity contribution in [3.05, 3.63) is 88.7 Å². The fourth-order valence-corrected chi connectivity index (χ4v) is 3.70. The highest BCUT2D eigenvalue weighted by atomic mass is 35.5. The fourth-order valence-electron chi connectivity index (χ4n) is 3.36. The zero-order valence-corrected chi connectivity index (χ0v) is 16.1. The fraction of sp³-hybridized carbons (Fsp3) is 0.227. The van der Waals surface area contributed by atoms with E-state index in [2.05, 4.69) is 4.98 Å². The van der Waals surface area contributed by atoms with E-state index in [1.54, 1.807) is 25.1 Å². The SMILES string of the molecule is Cc1cc(C(O)(C(C)c2ccc(-c3ccccc3)cc2Cl)C(F)(F)F)ccn1. The Hall–Kier alpha value is -2.37. The first kappa shape index (κ1) is 20.4. The summed E-state index contributed by atoms with van der Waals surface area (Å²) >= 11 is 6.36. The minimum atomic E-state index is -4.90. The van der Waals surface area contributed by atoms with Crippen LogP contribution in [-0.2, 0) is 5.60 Å². The quantitative estimate of drug-likeness (QED) is 0.555. The number of benzene rings is 2. The topological polar surface area (TPSA) is 33.1 Å². The summed E-state index contributed by atoms with van der Waals surface area (Å²) < 4.78 is 42.1. The molecule has 3 aromatic rings. The summed E-state index contributed by atoms with van der Waals surface area (Å²) in [6.45, 7) is 2.90.